The molecule has 1 saturated carbocycles. The molecular weight excluding hydrogens is 208 g/mol. The Kier molecular flexibility index (Phi) is 5.46. The Morgan fingerprint density at radius 3 is 2.00 bits per heavy atom. The Bertz CT molecular complexity index is 207. The summed E-state index contributed by atoms with van der Waals surface area (Å²) in [5, 5.41) is 3.83. The van der Waals surface area contributed by atoms with Crippen LogP contribution in [0.5, 0.6) is 0 Å². The molecule has 0 bridgehead atoms. The van der Waals surface area contributed by atoms with Crippen LogP contribution in [0.1, 0.15) is 53.9 Å². The molecule has 1 rings (SSSR count). The van der Waals surface area contributed by atoms with Gasteiger partial charge >= 0.3 is 0 Å². The predicted molar refractivity (Wildman–Crippen MR) is 76.0 cm³/mol. The Hall–Kier alpha value is -0.0800. The molecular formula is C15H32N2. The van der Waals surface area contributed by atoms with Crippen molar-refractivity contribution in [1.82, 2.24) is 5.32 Å². The molecule has 2 nitrogen and oxygen atoms in total. The molecule has 1 unspecified atom stereocenters. The van der Waals surface area contributed by atoms with Gasteiger partial charge in [-0.05, 0) is 49.5 Å². The molecule has 0 spiro atoms. The summed E-state index contributed by atoms with van der Waals surface area (Å²) < 4.78 is 0. The van der Waals surface area contributed by atoms with Gasteiger partial charge in [-0.2, -0.15) is 0 Å². The van der Waals surface area contributed by atoms with Gasteiger partial charge in [-0.25, -0.2) is 0 Å². The first-order valence-corrected chi connectivity index (χ1v) is 7.42. The van der Waals surface area contributed by atoms with Crippen molar-refractivity contribution in [3.05, 3.63) is 0 Å². The summed E-state index contributed by atoms with van der Waals surface area (Å²) in [7, 11) is 0. The second-order valence-electron chi connectivity index (χ2n) is 6.52. The molecule has 102 valence electrons. The lowest BCUT2D eigenvalue weighted by Crippen LogP contribution is -2.54. The fourth-order valence-electron chi connectivity index (χ4n) is 3.14. The van der Waals surface area contributed by atoms with E-state index in [2.05, 4.69) is 39.9 Å². The van der Waals surface area contributed by atoms with Gasteiger partial charge in [0.05, 0.1) is 0 Å². The largest absolute Gasteiger partial charge is 0.329 e. The molecule has 0 aromatic carbocycles. The molecule has 1 aliphatic rings. The third-order valence-corrected chi connectivity index (χ3v) is 4.76. The molecule has 0 aromatic heterocycles. The van der Waals surface area contributed by atoms with Crippen LogP contribution in [-0.2, 0) is 0 Å². The monoisotopic (exact) mass is 240 g/mol. The lowest BCUT2D eigenvalue weighted by molar-refractivity contribution is 0.210. The van der Waals surface area contributed by atoms with Crippen molar-refractivity contribution in [2.45, 2.75) is 59.4 Å². The van der Waals surface area contributed by atoms with Crippen LogP contribution in [0, 0.1) is 23.7 Å². The van der Waals surface area contributed by atoms with E-state index < -0.39 is 0 Å². The molecule has 0 aliphatic heterocycles. The van der Waals surface area contributed by atoms with Crippen molar-refractivity contribution in [2.24, 2.45) is 29.4 Å². The highest BCUT2D eigenvalue weighted by Crippen LogP contribution is 2.41. The second-order valence-corrected chi connectivity index (χ2v) is 6.52. The third-order valence-electron chi connectivity index (χ3n) is 4.76. The first-order valence-electron chi connectivity index (χ1n) is 7.42. The minimum absolute atomic E-state index is 0.224. The van der Waals surface area contributed by atoms with E-state index in [4.69, 9.17) is 5.73 Å². The van der Waals surface area contributed by atoms with Crippen LogP contribution >= 0.6 is 0 Å². The highest BCUT2D eigenvalue weighted by atomic mass is 15.0. The molecule has 0 saturated heterocycles. The quantitative estimate of drug-likeness (QED) is 0.684. The molecule has 0 radical (unpaired) electrons. The lowest BCUT2D eigenvalue weighted by Gasteiger charge is -2.36. The molecule has 17 heavy (non-hydrogen) atoms. The van der Waals surface area contributed by atoms with Gasteiger partial charge in [0, 0.05) is 12.1 Å². The zero-order chi connectivity index (χ0) is 13.1. The van der Waals surface area contributed by atoms with Crippen LogP contribution in [0.2, 0.25) is 0 Å². The normalized spacial score (nSPS) is 20.3. The Labute approximate surface area is 108 Å². The Balaban J connectivity index is 2.56. The van der Waals surface area contributed by atoms with Gasteiger partial charge in [0.25, 0.3) is 0 Å². The summed E-state index contributed by atoms with van der Waals surface area (Å²) in [6, 6.07) is 0. The first kappa shape index (κ1) is 15.0. The number of hydrogen-bond acceptors (Lipinski definition) is 2. The zero-order valence-electron chi connectivity index (χ0n) is 12.4. The van der Waals surface area contributed by atoms with Crippen molar-refractivity contribution in [3.63, 3.8) is 0 Å². The van der Waals surface area contributed by atoms with Gasteiger partial charge in [0.2, 0.25) is 0 Å². The van der Waals surface area contributed by atoms with Crippen LogP contribution in [0.4, 0.5) is 0 Å². The second kappa shape index (κ2) is 6.19. The smallest absolute Gasteiger partial charge is 0.0329 e. The molecule has 0 heterocycles. The third kappa shape index (κ3) is 3.69. The van der Waals surface area contributed by atoms with Gasteiger partial charge in [0.1, 0.15) is 0 Å². The maximum absolute atomic E-state index is 6.04. The van der Waals surface area contributed by atoms with Gasteiger partial charge < -0.3 is 11.1 Å². The van der Waals surface area contributed by atoms with Crippen molar-refractivity contribution < 1.29 is 0 Å². The highest BCUT2D eigenvalue weighted by molar-refractivity contribution is 5.01. The molecule has 0 aromatic rings. The average molecular weight is 240 g/mol. The van der Waals surface area contributed by atoms with Crippen LogP contribution in [0.15, 0.2) is 0 Å². The summed E-state index contributed by atoms with van der Waals surface area (Å²) in [6.45, 7) is 13.5. The SMILES string of the molecule is CCC(CN)(NCC(C(C)C)C(C)C)C1CC1. The number of nitrogens with one attached hydrogen (secondary N) is 1. The van der Waals surface area contributed by atoms with Gasteiger partial charge in [-0.1, -0.05) is 34.6 Å². The van der Waals surface area contributed by atoms with E-state index in [1.807, 2.05) is 0 Å². The van der Waals surface area contributed by atoms with Crippen molar-refractivity contribution in [3.8, 4) is 0 Å². The van der Waals surface area contributed by atoms with Crippen molar-refractivity contribution in [2.75, 3.05) is 13.1 Å². The lowest BCUT2D eigenvalue weighted by atomic mass is 9.83. The standard InChI is InChI=1S/C15H32N2/c1-6-15(10-16,13-7-8-13)17-9-14(11(2)3)12(4)5/h11-14,17H,6-10,16H2,1-5H3. The van der Waals surface area contributed by atoms with E-state index in [1.165, 1.54) is 12.8 Å². The van der Waals surface area contributed by atoms with E-state index in [9.17, 15) is 0 Å². The fourth-order valence-corrected chi connectivity index (χ4v) is 3.14. The minimum atomic E-state index is 0.224. The van der Waals surface area contributed by atoms with Crippen LogP contribution in [0.25, 0.3) is 0 Å². The Morgan fingerprint density at radius 1 is 1.18 bits per heavy atom. The first-order chi connectivity index (χ1) is 7.96. The maximum Gasteiger partial charge on any atom is 0.0329 e. The van der Waals surface area contributed by atoms with Gasteiger partial charge in [0.15, 0.2) is 0 Å². The summed E-state index contributed by atoms with van der Waals surface area (Å²) in [6.07, 6.45) is 3.90. The topological polar surface area (TPSA) is 38.0 Å². The van der Waals surface area contributed by atoms with Gasteiger partial charge in [-0.15, -0.1) is 0 Å². The van der Waals surface area contributed by atoms with E-state index in [0.29, 0.717) is 0 Å². The number of rotatable bonds is 8. The van der Waals surface area contributed by atoms with Crippen LogP contribution < -0.4 is 11.1 Å². The number of hydrogen-bond donors (Lipinski definition) is 2. The molecule has 1 aliphatic carbocycles. The van der Waals surface area contributed by atoms with Crippen molar-refractivity contribution in [1.29, 1.82) is 0 Å². The highest BCUT2D eigenvalue weighted by Gasteiger charge is 2.42. The molecule has 2 heteroatoms. The fraction of sp³-hybridized carbons (Fsp3) is 1.00. The summed E-state index contributed by atoms with van der Waals surface area (Å²) >= 11 is 0. The van der Waals surface area contributed by atoms with Crippen LogP contribution in [0.3, 0.4) is 0 Å². The maximum atomic E-state index is 6.04. The number of nitrogens with two attached hydrogens (primary N) is 1. The van der Waals surface area contributed by atoms with E-state index >= 15 is 0 Å². The van der Waals surface area contributed by atoms with Crippen molar-refractivity contribution >= 4 is 0 Å². The summed E-state index contributed by atoms with van der Waals surface area (Å²) in [5.74, 6) is 3.08. The van der Waals surface area contributed by atoms with E-state index in [-0.39, 0.29) is 5.54 Å². The van der Waals surface area contributed by atoms with E-state index in [1.54, 1.807) is 0 Å². The minimum Gasteiger partial charge on any atom is -0.329 e. The molecule has 3 N–H and O–H groups in total. The summed E-state index contributed by atoms with van der Waals surface area (Å²) in [5.41, 5.74) is 6.26. The zero-order valence-corrected chi connectivity index (χ0v) is 12.4. The van der Waals surface area contributed by atoms with Crippen LogP contribution in [-0.4, -0.2) is 18.6 Å². The van der Waals surface area contributed by atoms with Gasteiger partial charge in [-0.3, -0.25) is 0 Å². The Morgan fingerprint density at radius 2 is 1.71 bits per heavy atom. The predicted octanol–water partition coefficient (Wildman–Crippen LogP) is 3.02. The summed E-state index contributed by atoms with van der Waals surface area (Å²) in [4.78, 5) is 0. The van der Waals surface area contributed by atoms with E-state index in [0.717, 1.165) is 43.2 Å². The molecule has 0 amide bonds. The molecule has 1 atom stereocenters. The average Bonchev–Trinajstić information content (AvgIpc) is 3.08. The molecule has 1 fully saturated rings.